The van der Waals surface area contributed by atoms with Gasteiger partial charge >= 0.3 is 0 Å². The van der Waals surface area contributed by atoms with Crippen LogP contribution >= 0.6 is 0 Å². The Labute approximate surface area is 111 Å². The van der Waals surface area contributed by atoms with E-state index < -0.39 is 5.82 Å². The standard InChI is InChI=1S/C15H15FN2O/c16-14-10-18-7-6-12(14)8-13(9-17)15(19)11-4-2-1-3-5-11/h6-8,10-11H,1-5H2. The monoisotopic (exact) mass is 258 g/mol. The van der Waals surface area contributed by atoms with Gasteiger partial charge in [-0.3, -0.25) is 9.78 Å². The summed E-state index contributed by atoms with van der Waals surface area (Å²) >= 11 is 0. The maximum absolute atomic E-state index is 13.5. The van der Waals surface area contributed by atoms with E-state index in [0.717, 1.165) is 38.3 Å². The molecule has 1 heterocycles. The SMILES string of the molecule is N#CC(=Cc1ccncc1F)C(=O)C1CCCCC1. The lowest BCUT2D eigenvalue weighted by Crippen LogP contribution is -2.19. The third-order valence-electron chi connectivity index (χ3n) is 3.47. The van der Waals surface area contributed by atoms with E-state index in [0.29, 0.717) is 0 Å². The summed E-state index contributed by atoms with van der Waals surface area (Å²) in [4.78, 5) is 15.9. The van der Waals surface area contributed by atoms with Crippen LogP contribution in [0.1, 0.15) is 37.7 Å². The summed E-state index contributed by atoms with van der Waals surface area (Å²) in [6.45, 7) is 0. The molecule has 0 radical (unpaired) electrons. The first-order chi connectivity index (χ1) is 9.22. The summed E-state index contributed by atoms with van der Waals surface area (Å²) in [6.07, 6.45) is 8.70. The van der Waals surface area contributed by atoms with Crippen molar-refractivity contribution in [2.75, 3.05) is 0 Å². The maximum atomic E-state index is 13.5. The summed E-state index contributed by atoms with van der Waals surface area (Å²) in [5, 5.41) is 9.10. The number of pyridine rings is 1. The summed E-state index contributed by atoms with van der Waals surface area (Å²) in [6, 6.07) is 3.36. The lowest BCUT2D eigenvalue weighted by Gasteiger charge is -2.19. The first-order valence-corrected chi connectivity index (χ1v) is 6.48. The van der Waals surface area contributed by atoms with Crippen LogP contribution in [0.4, 0.5) is 4.39 Å². The first-order valence-electron chi connectivity index (χ1n) is 6.48. The number of rotatable bonds is 3. The van der Waals surface area contributed by atoms with Gasteiger partial charge < -0.3 is 0 Å². The van der Waals surface area contributed by atoms with Crippen LogP contribution in [0, 0.1) is 23.1 Å². The molecule has 3 nitrogen and oxygen atoms in total. The Hall–Kier alpha value is -2.02. The fourth-order valence-corrected chi connectivity index (χ4v) is 2.40. The number of nitrogens with zero attached hydrogens (tertiary/aromatic N) is 2. The second-order valence-corrected chi connectivity index (χ2v) is 4.77. The number of carbonyl (C=O) groups is 1. The van der Waals surface area contributed by atoms with Crippen molar-refractivity contribution in [3.8, 4) is 6.07 Å². The maximum Gasteiger partial charge on any atom is 0.176 e. The summed E-state index contributed by atoms with van der Waals surface area (Å²) in [5.74, 6) is -0.755. The highest BCUT2D eigenvalue weighted by molar-refractivity contribution is 6.04. The topological polar surface area (TPSA) is 53.8 Å². The van der Waals surface area contributed by atoms with Gasteiger partial charge in [0.05, 0.1) is 11.8 Å². The molecule has 1 aliphatic rings. The number of ketones is 1. The predicted octanol–water partition coefficient (Wildman–Crippen LogP) is 3.28. The van der Waals surface area contributed by atoms with Gasteiger partial charge in [0.25, 0.3) is 0 Å². The third kappa shape index (κ3) is 3.25. The number of nitriles is 1. The highest BCUT2D eigenvalue weighted by atomic mass is 19.1. The van der Waals surface area contributed by atoms with Crippen molar-refractivity contribution >= 4 is 11.9 Å². The first kappa shape index (κ1) is 13.4. The van der Waals surface area contributed by atoms with Crippen molar-refractivity contribution < 1.29 is 9.18 Å². The number of Topliss-reactive ketones (excluding diaryl/α,β-unsaturated/α-hetero) is 1. The molecule has 1 fully saturated rings. The van der Waals surface area contributed by atoms with E-state index in [-0.39, 0.29) is 22.8 Å². The Kier molecular flexibility index (Phi) is 4.40. The van der Waals surface area contributed by atoms with Crippen molar-refractivity contribution in [2.24, 2.45) is 5.92 Å². The van der Waals surface area contributed by atoms with Crippen LogP contribution in [-0.2, 0) is 4.79 Å². The molecule has 0 spiro atoms. The molecule has 0 aromatic carbocycles. The largest absolute Gasteiger partial charge is 0.293 e. The molecule has 1 aromatic heterocycles. The molecule has 0 bridgehead atoms. The molecule has 1 saturated carbocycles. The van der Waals surface area contributed by atoms with E-state index in [1.165, 1.54) is 18.3 Å². The normalized spacial score (nSPS) is 16.9. The number of halogens is 1. The van der Waals surface area contributed by atoms with Crippen LogP contribution in [0.15, 0.2) is 24.0 Å². The molecule has 0 amide bonds. The van der Waals surface area contributed by atoms with Crippen LogP contribution in [0.5, 0.6) is 0 Å². The minimum absolute atomic E-state index is 0.0389. The second kappa shape index (κ2) is 6.24. The van der Waals surface area contributed by atoms with Crippen LogP contribution in [0.25, 0.3) is 6.08 Å². The Bertz CT molecular complexity index is 539. The highest BCUT2D eigenvalue weighted by Gasteiger charge is 2.24. The van der Waals surface area contributed by atoms with Gasteiger partial charge in [-0.25, -0.2) is 4.39 Å². The van der Waals surface area contributed by atoms with Gasteiger partial charge in [-0.2, -0.15) is 5.26 Å². The van der Waals surface area contributed by atoms with Crippen LogP contribution in [0.3, 0.4) is 0 Å². The number of aromatic nitrogens is 1. The summed E-state index contributed by atoms with van der Waals surface area (Å²) in [7, 11) is 0. The van der Waals surface area contributed by atoms with Gasteiger partial charge in [0, 0.05) is 17.7 Å². The van der Waals surface area contributed by atoms with Gasteiger partial charge in [0.1, 0.15) is 11.9 Å². The fourth-order valence-electron chi connectivity index (χ4n) is 2.40. The Balaban J connectivity index is 2.22. The van der Waals surface area contributed by atoms with Crippen molar-refractivity contribution in [3.63, 3.8) is 0 Å². The van der Waals surface area contributed by atoms with Crippen molar-refractivity contribution in [3.05, 3.63) is 35.4 Å². The zero-order valence-corrected chi connectivity index (χ0v) is 10.6. The quantitative estimate of drug-likeness (QED) is 0.617. The molecule has 0 atom stereocenters. The lowest BCUT2D eigenvalue weighted by molar-refractivity contribution is -0.119. The molecule has 1 aliphatic carbocycles. The Morgan fingerprint density at radius 3 is 2.79 bits per heavy atom. The molecule has 0 saturated heterocycles. The molecule has 4 heteroatoms. The molecule has 19 heavy (non-hydrogen) atoms. The van der Waals surface area contributed by atoms with Crippen LogP contribution in [-0.4, -0.2) is 10.8 Å². The fraction of sp³-hybridized carbons (Fsp3) is 0.400. The third-order valence-corrected chi connectivity index (χ3v) is 3.47. The molecule has 1 aromatic rings. The number of allylic oxidation sites excluding steroid dienone is 1. The molecule has 0 N–H and O–H groups in total. The summed E-state index contributed by atoms with van der Waals surface area (Å²) < 4.78 is 13.5. The minimum atomic E-state index is -0.522. The van der Waals surface area contributed by atoms with Gasteiger partial charge in [-0.1, -0.05) is 19.3 Å². The van der Waals surface area contributed by atoms with Crippen molar-refractivity contribution in [1.29, 1.82) is 5.26 Å². The zero-order chi connectivity index (χ0) is 13.7. The molecule has 2 rings (SSSR count). The average molecular weight is 258 g/mol. The van der Waals surface area contributed by atoms with Crippen LogP contribution < -0.4 is 0 Å². The van der Waals surface area contributed by atoms with E-state index in [2.05, 4.69) is 4.98 Å². The predicted molar refractivity (Wildman–Crippen MR) is 69.4 cm³/mol. The minimum Gasteiger partial charge on any atom is -0.293 e. The van der Waals surface area contributed by atoms with E-state index in [1.54, 1.807) is 0 Å². The second-order valence-electron chi connectivity index (χ2n) is 4.77. The smallest absolute Gasteiger partial charge is 0.176 e. The Morgan fingerprint density at radius 2 is 2.16 bits per heavy atom. The average Bonchev–Trinajstić information content (AvgIpc) is 2.47. The van der Waals surface area contributed by atoms with Gasteiger partial charge in [-0.15, -0.1) is 0 Å². The van der Waals surface area contributed by atoms with E-state index in [9.17, 15) is 9.18 Å². The van der Waals surface area contributed by atoms with E-state index >= 15 is 0 Å². The number of hydrogen-bond acceptors (Lipinski definition) is 3. The van der Waals surface area contributed by atoms with Crippen molar-refractivity contribution in [2.45, 2.75) is 32.1 Å². The molecule has 0 unspecified atom stereocenters. The number of carbonyl (C=O) groups excluding carboxylic acids is 1. The zero-order valence-electron chi connectivity index (χ0n) is 10.6. The van der Waals surface area contributed by atoms with Gasteiger partial charge in [0.2, 0.25) is 0 Å². The lowest BCUT2D eigenvalue weighted by atomic mass is 9.83. The highest BCUT2D eigenvalue weighted by Crippen LogP contribution is 2.27. The summed E-state index contributed by atoms with van der Waals surface area (Å²) in [5.41, 5.74) is 0.271. The van der Waals surface area contributed by atoms with Crippen LogP contribution in [0.2, 0.25) is 0 Å². The Morgan fingerprint density at radius 1 is 1.42 bits per heavy atom. The number of hydrogen-bond donors (Lipinski definition) is 0. The molecular weight excluding hydrogens is 243 g/mol. The molecule has 98 valence electrons. The van der Waals surface area contributed by atoms with Gasteiger partial charge in [-0.05, 0) is 25.0 Å². The van der Waals surface area contributed by atoms with E-state index in [1.807, 2.05) is 6.07 Å². The van der Waals surface area contributed by atoms with Gasteiger partial charge in [0.15, 0.2) is 5.78 Å². The van der Waals surface area contributed by atoms with Crippen molar-refractivity contribution in [1.82, 2.24) is 4.98 Å². The molecular formula is C15H15FN2O. The molecule has 0 aliphatic heterocycles. The van der Waals surface area contributed by atoms with E-state index in [4.69, 9.17) is 5.26 Å².